The second-order valence-corrected chi connectivity index (χ2v) is 3.45. The van der Waals surface area contributed by atoms with E-state index in [1.807, 2.05) is 13.0 Å². The molecule has 0 bridgehead atoms. The van der Waals surface area contributed by atoms with Gasteiger partial charge < -0.3 is 5.32 Å². The van der Waals surface area contributed by atoms with Gasteiger partial charge in [-0.3, -0.25) is 4.79 Å². The van der Waals surface area contributed by atoms with Crippen LogP contribution >= 0.6 is 0 Å². The Morgan fingerprint density at radius 3 is 2.80 bits per heavy atom. The van der Waals surface area contributed by atoms with E-state index >= 15 is 0 Å². The van der Waals surface area contributed by atoms with Crippen LogP contribution in [0.2, 0.25) is 0 Å². The molecule has 1 amide bonds. The molecule has 1 N–H and O–H groups in total. The Labute approximate surface area is 89.5 Å². The average molecular weight is 209 g/mol. The van der Waals surface area contributed by atoms with Crippen LogP contribution in [0.3, 0.4) is 0 Å². The molecule has 0 aliphatic rings. The van der Waals surface area contributed by atoms with Crippen LogP contribution in [-0.4, -0.2) is 13.0 Å². The van der Waals surface area contributed by atoms with E-state index in [9.17, 15) is 9.18 Å². The highest BCUT2D eigenvalue weighted by atomic mass is 19.1. The van der Waals surface area contributed by atoms with Gasteiger partial charge in [0, 0.05) is 13.5 Å². The summed E-state index contributed by atoms with van der Waals surface area (Å²) < 4.78 is 13.3. The first-order valence-corrected chi connectivity index (χ1v) is 5.15. The highest BCUT2D eigenvalue weighted by Gasteiger charge is 2.05. The van der Waals surface area contributed by atoms with Crippen LogP contribution in [0.4, 0.5) is 4.39 Å². The molecule has 0 saturated heterocycles. The minimum atomic E-state index is -0.226. The number of amides is 1. The van der Waals surface area contributed by atoms with Gasteiger partial charge in [-0.25, -0.2) is 4.39 Å². The molecule has 0 fully saturated rings. The first-order chi connectivity index (χ1) is 7.17. The fraction of sp³-hybridized carbons (Fsp3) is 0.417. The van der Waals surface area contributed by atoms with Gasteiger partial charge in [-0.1, -0.05) is 19.1 Å². The highest BCUT2D eigenvalue weighted by molar-refractivity contribution is 5.75. The van der Waals surface area contributed by atoms with Crippen LogP contribution in [0, 0.1) is 5.82 Å². The van der Waals surface area contributed by atoms with Crippen molar-refractivity contribution in [3.05, 3.63) is 35.1 Å². The lowest BCUT2D eigenvalue weighted by Crippen LogP contribution is -2.18. The molecule has 3 heteroatoms. The molecule has 0 heterocycles. The number of hydrogen-bond donors (Lipinski definition) is 1. The molecule has 2 nitrogen and oxygen atoms in total. The van der Waals surface area contributed by atoms with E-state index in [1.165, 1.54) is 6.07 Å². The van der Waals surface area contributed by atoms with Crippen molar-refractivity contribution < 1.29 is 9.18 Å². The zero-order valence-corrected chi connectivity index (χ0v) is 9.14. The minimum absolute atomic E-state index is 0.0590. The number of rotatable bonds is 4. The summed E-state index contributed by atoms with van der Waals surface area (Å²) in [5.41, 5.74) is 1.72. The normalized spacial score (nSPS) is 10.1. The number of carbonyl (C=O) groups is 1. The van der Waals surface area contributed by atoms with Gasteiger partial charge in [0.05, 0.1) is 0 Å². The Kier molecular flexibility index (Phi) is 4.28. The number of hydrogen-bond acceptors (Lipinski definition) is 1. The number of aryl methyl sites for hydroxylation is 2. The monoisotopic (exact) mass is 209 g/mol. The van der Waals surface area contributed by atoms with Crippen LogP contribution in [-0.2, 0) is 17.6 Å². The summed E-state index contributed by atoms with van der Waals surface area (Å²) in [6.45, 7) is 2.02. The van der Waals surface area contributed by atoms with E-state index in [2.05, 4.69) is 5.32 Å². The zero-order chi connectivity index (χ0) is 11.3. The van der Waals surface area contributed by atoms with Crippen LogP contribution in [0.15, 0.2) is 18.2 Å². The fourth-order valence-corrected chi connectivity index (χ4v) is 1.41. The molecule has 1 rings (SSSR count). The zero-order valence-electron chi connectivity index (χ0n) is 9.14. The van der Waals surface area contributed by atoms with Crippen LogP contribution in [0.25, 0.3) is 0 Å². The van der Waals surface area contributed by atoms with Gasteiger partial charge in [0.15, 0.2) is 0 Å². The predicted octanol–water partition coefficient (Wildman–Crippen LogP) is 2.07. The standard InChI is InChI=1S/C12H16FNO/c1-3-9-4-6-11(13)10(8-9)5-7-12(15)14-2/h4,6,8H,3,5,7H2,1-2H3,(H,14,15). The molecular weight excluding hydrogens is 193 g/mol. The summed E-state index contributed by atoms with van der Waals surface area (Å²) in [6.07, 6.45) is 1.67. The van der Waals surface area contributed by atoms with Gasteiger partial charge in [-0.05, 0) is 30.0 Å². The molecule has 0 spiro atoms. The van der Waals surface area contributed by atoms with Crippen molar-refractivity contribution in [3.8, 4) is 0 Å². The van der Waals surface area contributed by atoms with Crippen LogP contribution in [0.1, 0.15) is 24.5 Å². The Balaban J connectivity index is 2.70. The Bertz CT molecular complexity index is 349. The molecule has 1 aromatic carbocycles. The minimum Gasteiger partial charge on any atom is -0.359 e. The summed E-state index contributed by atoms with van der Waals surface area (Å²) in [5.74, 6) is -0.285. The maximum atomic E-state index is 13.3. The molecule has 0 unspecified atom stereocenters. The molecule has 15 heavy (non-hydrogen) atoms. The quantitative estimate of drug-likeness (QED) is 0.808. The lowest BCUT2D eigenvalue weighted by Gasteiger charge is -2.05. The number of halogens is 1. The van der Waals surface area contributed by atoms with Gasteiger partial charge in [0.2, 0.25) is 5.91 Å². The fourth-order valence-electron chi connectivity index (χ4n) is 1.41. The molecular formula is C12H16FNO. The van der Waals surface area contributed by atoms with Gasteiger partial charge in [-0.15, -0.1) is 0 Å². The Morgan fingerprint density at radius 1 is 1.47 bits per heavy atom. The molecule has 0 aliphatic carbocycles. The highest BCUT2D eigenvalue weighted by Crippen LogP contribution is 2.13. The van der Waals surface area contributed by atoms with Crippen LogP contribution in [0.5, 0.6) is 0 Å². The van der Waals surface area contributed by atoms with E-state index in [0.717, 1.165) is 12.0 Å². The van der Waals surface area contributed by atoms with E-state index in [0.29, 0.717) is 18.4 Å². The smallest absolute Gasteiger partial charge is 0.220 e. The largest absolute Gasteiger partial charge is 0.359 e. The first kappa shape index (κ1) is 11.7. The molecule has 0 aromatic heterocycles. The maximum Gasteiger partial charge on any atom is 0.220 e. The lowest BCUT2D eigenvalue weighted by molar-refractivity contribution is -0.120. The number of nitrogens with one attached hydrogen (secondary N) is 1. The Hall–Kier alpha value is -1.38. The number of benzene rings is 1. The van der Waals surface area contributed by atoms with Crippen molar-refractivity contribution in [2.45, 2.75) is 26.2 Å². The van der Waals surface area contributed by atoms with Crippen LogP contribution < -0.4 is 5.32 Å². The van der Waals surface area contributed by atoms with Crippen molar-refractivity contribution in [2.24, 2.45) is 0 Å². The van der Waals surface area contributed by atoms with Crippen molar-refractivity contribution in [1.82, 2.24) is 5.32 Å². The maximum absolute atomic E-state index is 13.3. The van der Waals surface area contributed by atoms with Gasteiger partial charge in [-0.2, -0.15) is 0 Å². The summed E-state index contributed by atoms with van der Waals surface area (Å²) in [6, 6.07) is 5.08. The molecule has 0 radical (unpaired) electrons. The predicted molar refractivity (Wildman–Crippen MR) is 58.2 cm³/mol. The van der Waals surface area contributed by atoms with Crippen molar-refractivity contribution in [2.75, 3.05) is 7.05 Å². The lowest BCUT2D eigenvalue weighted by atomic mass is 10.0. The van der Waals surface area contributed by atoms with Gasteiger partial charge >= 0.3 is 0 Å². The van der Waals surface area contributed by atoms with E-state index in [1.54, 1.807) is 13.1 Å². The van der Waals surface area contributed by atoms with Crippen molar-refractivity contribution >= 4 is 5.91 Å². The van der Waals surface area contributed by atoms with E-state index in [-0.39, 0.29) is 11.7 Å². The molecule has 0 atom stereocenters. The van der Waals surface area contributed by atoms with Gasteiger partial charge in [0.1, 0.15) is 5.82 Å². The van der Waals surface area contributed by atoms with E-state index < -0.39 is 0 Å². The third kappa shape index (κ3) is 3.35. The third-order valence-electron chi connectivity index (χ3n) is 2.42. The summed E-state index contributed by atoms with van der Waals surface area (Å²) in [7, 11) is 1.58. The average Bonchev–Trinajstić information content (AvgIpc) is 2.27. The number of carbonyl (C=O) groups excluding carboxylic acids is 1. The molecule has 0 saturated carbocycles. The van der Waals surface area contributed by atoms with E-state index in [4.69, 9.17) is 0 Å². The first-order valence-electron chi connectivity index (χ1n) is 5.15. The van der Waals surface area contributed by atoms with Crippen molar-refractivity contribution in [1.29, 1.82) is 0 Å². The second-order valence-electron chi connectivity index (χ2n) is 3.45. The Morgan fingerprint density at radius 2 is 2.20 bits per heavy atom. The molecule has 1 aromatic rings. The second kappa shape index (κ2) is 5.49. The van der Waals surface area contributed by atoms with Crippen molar-refractivity contribution in [3.63, 3.8) is 0 Å². The SMILES string of the molecule is CCc1ccc(F)c(CCC(=O)NC)c1. The summed E-state index contributed by atoms with van der Waals surface area (Å²) in [5, 5.41) is 2.52. The van der Waals surface area contributed by atoms with Gasteiger partial charge in [0.25, 0.3) is 0 Å². The molecule has 82 valence electrons. The summed E-state index contributed by atoms with van der Waals surface area (Å²) >= 11 is 0. The topological polar surface area (TPSA) is 29.1 Å². The summed E-state index contributed by atoms with van der Waals surface area (Å²) in [4.78, 5) is 11.0. The third-order valence-corrected chi connectivity index (χ3v) is 2.42. The molecule has 0 aliphatic heterocycles.